The third kappa shape index (κ3) is 4.45. The maximum absolute atomic E-state index is 13.2. The van der Waals surface area contributed by atoms with Crippen LogP contribution >= 0.6 is 0 Å². The second-order valence-corrected chi connectivity index (χ2v) is 9.67. The lowest BCUT2D eigenvalue weighted by Gasteiger charge is -2.16. The number of hydrogen-bond donors (Lipinski definition) is 2. The Bertz CT molecular complexity index is 1300. The summed E-state index contributed by atoms with van der Waals surface area (Å²) in [5.74, 6) is 0.167. The second kappa shape index (κ2) is 8.63. The van der Waals surface area contributed by atoms with Crippen molar-refractivity contribution in [3.63, 3.8) is 0 Å². The lowest BCUT2D eigenvalue weighted by Crippen LogP contribution is -2.29. The molecule has 1 aliphatic rings. The summed E-state index contributed by atoms with van der Waals surface area (Å²) in [5, 5.41) is 2.86. The normalized spacial score (nSPS) is 13.7. The lowest BCUT2D eigenvalue weighted by atomic mass is 10.1. The molecule has 0 aliphatic carbocycles. The molecule has 0 atom stereocenters. The first kappa shape index (κ1) is 21.8. The van der Waals surface area contributed by atoms with Gasteiger partial charge in [0.2, 0.25) is 0 Å². The van der Waals surface area contributed by atoms with Gasteiger partial charge in [-0.05, 0) is 69.7 Å². The highest BCUT2D eigenvalue weighted by molar-refractivity contribution is 7.90. The number of anilines is 1. The quantitative estimate of drug-likeness (QED) is 0.612. The molecule has 2 aromatic carbocycles. The van der Waals surface area contributed by atoms with E-state index in [-0.39, 0.29) is 10.8 Å². The van der Waals surface area contributed by atoms with E-state index in [0.29, 0.717) is 30.1 Å². The van der Waals surface area contributed by atoms with Gasteiger partial charge in [0.05, 0.1) is 16.1 Å². The number of nitrogens with one attached hydrogen (secondary N) is 2. The SMILES string of the molecule is Cc1ccc(-n2c(C)ccc2C)c(C(=O)Nc2cccc(S(=O)(=O)NC3=NCCC3)c2)c1. The van der Waals surface area contributed by atoms with Crippen molar-refractivity contribution in [2.45, 2.75) is 38.5 Å². The molecule has 2 N–H and O–H groups in total. The number of benzene rings is 2. The first-order chi connectivity index (χ1) is 15.2. The standard InChI is InChI=1S/C24H26N4O3S/c1-16-9-12-22(28-17(2)10-11-18(28)3)21(14-16)24(29)26-19-6-4-7-20(15-19)32(30,31)27-23-8-5-13-25-23/h4,6-7,9-12,14-15H,5,8,13H2,1-3H3,(H,25,27)(H,26,29). The Kier molecular flexibility index (Phi) is 5.88. The number of hydrogen-bond acceptors (Lipinski definition) is 4. The van der Waals surface area contributed by atoms with Gasteiger partial charge >= 0.3 is 0 Å². The molecule has 7 nitrogen and oxygen atoms in total. The zero-order chi connectivity index (χ0) is 22.9. The minimum Gasteiger partial charge on any atom is -0.322 e. The van der Waals surface area contributed by atoms with E-state index >= 15 is 0 Å². The first-order valence-corrected chi connectivity index (χ1v) is 12.0. The average Bonchev–Trinajstić information content (AvgIpc) is 3.37. The predicted octanol–water partition coefficient (Wildman–Crippen LogP) is 4.13. The van der Waals surface area contributed by atoms with Gasteiger partial charge in [-0.25, -0.2) is 8.42 Å². The summed E-state index contributed by atoms with van der Waals surface area (Å²) in [4.78, 5) is 17.5. The summed E-state index contributed by atoms with van der Waals surface area (Å²) >= 11 is 0. The maximum Gasteiger partial charge on any atom is 0.262 e. The second-order valence-electron chi connectivity index (χ2n) is 7.99. The highest BCUT2D eigenvalue weighted by Crippen LogP contribution is 2.24. The Labute approximate surface area is 188 Å². The largest absolute Gasteiger partial charge is 0.322 e. The molecule has 0 saturated heterocycles. The lowest BCUT2D eigenvalue weighted by molar-refractivity contribution is 0.102. The van der Waals surface area contributed by atoms with Gasteiger partial charge in [0.25, 0.3) is 15.9 Å². The van der Waals surface area contributed by atoms with E-state index in [1.54, 1.807) is 12.1 Å². The van der Waals surface area contributed by atoms with Crippen LogP contribution in [0.1, 0.15) is 40.2 Å². The number of nitrogens with zero attached hydrogens (tertiary/aromatic N) is 2. The van der Waals surface area contributed by atoms with Crippen molar-refractivity contribution in [3.8, 4) is 5.69 Å². The highest BCUT2D eigenvalue weighted by atomic mass is 32.2. The fourth-order valence-electron chi connectivity index (χ4n) is 3.85. The molecule has 4 rings (SSSR count). The van der Waals surface area contributed by atoms with Gasteiger partial charge in [0.1, 0.15) is 5.84 Å². The molecular formula is C24H26N4O3S. The molecule has 1 aromatic heterocycles. The van der Waals surface area contributed by atoms with Gasteiger partial charge < -0.3 is 9.88 Å². The molecule has 8 heteroatoms. The number of aryl methyl sites for hydroxylation is 3. The number of carbonyl (C=O) groups excluding carboxylic acids is 1. The van der Waals surface area contributed by atoms with Crippen molar-refractivity contribution < 1.29 is 13.2 Å². The van der Waals surface area contributed by atoms with Crippen molar-refractivity contribution in [2.24, 2.45) is 4.99 Å². The number of rotatable bonds is 5. The summed E-state index contributed by atoms with van der Waals surface area (Å²) in [6, 6.07) is 16.0. The summed E-state index contributed by atoms with van der Waals surface area (Å²) in [6.45, 7) is 6.54. The molecule has 2 heterocycles. The van der Waals surface area contributed by atoms with Gasteiger partial charge in [0, 0.05) is 30.0 Å². The smallest absolute Gasteiger partial charge is 0.262 e. The molecule has 0 saturated carbocycles. The number of sulfonamides is 1. The number of carbonyl (C=O) groups is 1. The van der Waals surface area contributed by atoms with Crippen LogP contribution in [-0.4, -0.2) is 31.3 Å². The van der Waals surface area contributed by atoms with Crippen LogP contribution in [0.2, 0.25) is 0 Å². The van der Waals surface area contributed by atoms with Gasteiger partial charge in [-0.3, -0.25) is 14.5 Å². The highest BCUT2D eigenvalue weighted by Gasteiger charge is 2.20. The molecule has 32 heavy (non-hydrogen) atoms. The molecule has 0 spiro atoms. The van der Waals surface area contributed by atoms with Crippen molar-refractivity contribution in [3.05, 3.63) is 77.1 Å². The zero-order valence-corrected chi connectivity index (χ0v) is 19.2. The van der Waals surface area contributed by atoms with Crippen LogP contribution < -0.4 is 10.0 Å². The van der Waals surface area contributed by atoms with Crippen LogP contribution in [0.25, 0.3) is 5.69 Å². The van der Waals surface area contributed by atoms with Crippen LogP contribution in [0.3, 0.4) is 0 Å². The molecule has 166 valence electrons. The minimum atomic E-state index is -3.76. The fourth-order valence-corrected chi connectivity index (χ4v) is 4.99. The molecular weight excluding hydrogens is 424 g/mol. The third-order valence-electron chi connectivity index (χ3n) is 5.44. The van der Waals surface area contributed by atoms with E-state index in [4.69, 9.17) is 0 Å². The predicted molar refractivity (Wildman–Crippen MR) is 126 cm³/mol. The Morgan fingerprint density at radius 1 is 1.00 bits per heavy atom. The van der Waals surface area contributed by atoms with Crippen LogP contribution in [0.15, 0.2) is 64.5 Å². The van der Waals surface area contributed by atoms with E-state index in [2.05, 4.69) is 15.0 Å². The van der Waals surface area contributed by atoms with Crippen LogP contribution in [0.4, 0.5) is 5.69 Å². The Hall–Kier alpha value is -3.39. The topological polar surface area (TPSA) is 92.6 Å². The fraction of sp³-hybridized carbons (Fsp3) is 0.250. The van der Waals surface area contributed by atoms with Crippen molar-refractivity contribution >= 4 is 27.5 Å². The van der Waals surface area contributed by atoms with E-state index in [1.165, 1.54) is 12.1 Å². The van der Waals surface area contributed by atoms with Crippen molar-refractivity contribution in [1.82, 2.24) is 9.29 Å². The third-order valence-corrected chi connectivity index (χ3v) is 6.82. The summed E-state index contributed by atoms with van der Waals surface area (Å²) in [5.41, 5.74) is 4.69. The molecule has 0 bridgehead atoms. The molecule has 1 amide bonds. The minimum absolute atomic E-state index is 0.0754. The maximum atomic E-state index is 13.2. The zero-order valence-electron chi connectivity index (χ0n) is 18.3. The summed E-state index contributed by atoms with van der Waals surface area (Å²) < 4.78 is 30.0. The van der Waals surface area contributed by atoms with Crippen LogP contribution in [-0.2, 0) is 10.0 Å². The molecule has 3 aromatic rings. The van der Waals surface area contributed by atoms with Gasteiger partial charge in [-0.2, -0.15) is 0 Å². The Morgan fingerprint density at radius 2 is 1.75 bits per heavy atom. The average molecular weight is 451 g/mol. The number of amidine groups is 1. The number of aromatic nitrogens is 1. The van der Waals surface area contributed by atoms with Crippen LogP contribution in [0, 0.1) is 20.8 Å². The number of aliphatic imine (C=N–C) groups is 1. The molecule has 0 fully saturated rings. The van der Waals surface area contributed by atoms with Gasteiger partial charge in [-0.1, -0.05) is 17.7 Å². The first-order valence-electron chi connectivity index (χ1n) is 10.5. The van der Waals surface area contributed by atoms with Crippen LogP contribution in [0.5, 0.6) is 0 Å². The molecule has 1 aliphatic heterocycles. The van der Waals surface area contributed by atoms with Gasteiger partial charge in [-0.15, -0.1) is 0 Å². The monoisotopic (exact) mass is 450 g/mol. The summed E-state index contributed by atoms with van der Waals surface area (Å²) in [6.07, 6.45) is 1.46. The Balaban J connectivity index is 1.63. The molecule has 0 unspecified atom stereocenters. The summed E-state index contributed by atoms with van der Waals surface area (Å²) in [7, 11) is -3.76. The van der Waals surface area contributed by atoms with Crippen molar-refractivity contribution in [1.29, 1.82) is 0 Å². The van der Waals surface area contributed by atoms with E-state index in [0.717, 1.165) is 29.1 Å². The van der Waals surface area contributed by atoms with Crippen molar-refractivity contribution in [2.75, 3.05) is 11.9 Å². The molecule has 0 radical (unpaired) electrons. The van der Waals surface area contributed by atoms with E-state index in [9.17, 15) is 13.2 Å². The number of amides is 1. The van der Waals surface area contributed by atoms with E-state index < -0.39 is 10.0 Å². The Morgan fingerprint density at radius 3 is 2.44 bits per heavy atom. The van der Waals surface area contributed by atoms with Gasteiger partial charge in [0.15, 0.2) is 0 Å². The van der Waals surface area contributed by atoms with E-state index in [1.807, 2.05) is 55.7 Å².